The molecule has 0 aliphatic heterocycles. The lowest BCUT2D eigenvalue weighted by Gasteiger charge is -2.07. The van der Waals surface area contributed by atoms with E-state index in [1.165, 1.54) is 30.6 Å². The van der Waals surface area contributed by atoms with Crippen molar-refractivity contribution in [3.8, 4) is 11.5 Å². The molecule has 23 heavy (non-hydrogen) atoms. The van der Waals surface area contributed by atoms with Crippen LogP contribution in [0.15, 0.2) is 36.4 Å². The van der Waals surface area contributed by atoms with Gasteiger partial charge in [0.25, 0.3) is 5.91 Å². The molecule has 3 rings (SSSR count). The number of hydrogen-bond acceptors (Lipinski definition) is 5. The molecule has 1 N–H and O–H groups in total. The second-order valence-corrected chi connectivity index (χ2v) is 5.68. The van der Waals surface area contributed by atoms with Crippen molar-refractivity contribution in [2.75, 3.05) is 19.5 Å². The summed E-state index contributed by atoms with van der Waals surface area (Å²) in [5, 5.41) is 3.09. The summed E-state index contributed by atoms with van der Waals surface area (Å²) in [6.45, 7) is 0. The van der Waals surface area contributed by atoms with Crippen LogP contribution >= 0.6 is 11.3 Å². The first-order valence-electron chi connectivity index (χ1n) is 6.70. The van der Waals surface area contributed by atoms with E-state index >= 15 is 0 Å². The van der Waals surface area contributed by atoms with Gasteiger partial charge in [-0.2, -0.15) is 0 Å². The number of rotatable bonds is 4. The summed E-state index contributed by atoms with van der Waals surface area (Å²) in [6.07, 6.45) is 0. The number of methoxy groups -OCH3 is 2. The molecular weight excluding hydrogens is 319 g/mol. The topological polar surface area (TPSA) is 60.5 Å². The van der Waals surface area contributed by atoms with E-state index in [1.807, 2.05) is 12.1 Å². The van der Waals surface area contributed by atoms with Crippen LogP contribution in [0.5, 0.6) is 11.5 Å². The van der Waals surface area contributed by atoms with E-state index in [0.29, 0.717) is 16.6 Å². The Morgan fingerprint density at radius 1 is 1.17 bits per heavy atom. The molecule has 0 radical (unpaired) electrons. The van der Waals surface area contributed by atoms with Gasteiger partial charge in [-0.25, -0.2) is 9.37 Å². The number of benzene rings is 2. The Morgan fingerprint density at radius 3 is 2.74 bits per heavy atom. The van der Waals surface area contributed by atoms with E-state index in [-0.39, 0.29) is 5.56 Å². The normalized spacial score (nSPS) is 10.6. The molecule has 1 aromatic heterocycles. The number of carbonyl (C=O) groups is 1. The van der Waals surface area contributed by atoms with Gasteiger partial charge < -0.3 is 9.47 Å². The molecule has 0 atom stereocenters. The van der Waals surface area contributed by atoms with Gasteiger partial charge >= 0.3 is 0 Å². The number of ether oxygens (including phenoxy) is 2. The maximum absolute atomic E-state index is 13.4. The lowest BCUT2D eigenvalue weighted by atomic mass is 10.2. The molecule has 7 heteroatoms. The van der Waals surface area contributed by atoms with Crippen LogP contribution < -0.4 is 14.8 Å². The van der Waals surface area contributed by atoms with Gasteiger partial charge in [0.15, 0.2) is 5.13 Å². The summed E-state index contributed by atoms with van der Waals surface area (Å²) in [5.41, 5.74) is 0.863. The van der Waals surface area contributed by atoms with Gasteiger partial charge in [0, 0.05) is 0 Å². The minimum absolute atomic E-state index is 0.115. The molecule has 0 unspecified atom stereocenters. The third-order valence-corrected chi connectivity index (χ3v) is 4.16. The minimum atomic E-state index is -0.509. The number of hydrogen-bond donors (Lipinski definition) is 1. The first-order valence-corrected chi connectivity index (χ1v) is 7.52. The van der Waals surface area contributed by atoms with Gasteiger partial charge in [0.2, 0.25) is 0 Å². The van der Waals surface area contributed by atoms with Gasteiger partial charge in [-0.3, -0.25) is 10.1 Å². The number of carbonyl (C=O) groups excluding carboxylic acids is 1. The number of fused-ring (bicyclic) bond motifs is 1. The molecule has 3 aromatic rings. The first-order chi connectivity index (χ1) is 11.1. The van der Waals surface area contributed by atoms with Crippen LogP contribution in [0.1, 0.15) is 10.4 Å². The second kappa shape index (κ2) is 6.21. The molecule has 1 amide bonds. The predicted molar refractivity (Wildman–Crippen MR) is 87.1 cm³/mol. The molecule has 118 valence electrons. The standard InChI is InChI=1S/C16H13FN2O3S/c1-21-10-4-5-12-14(8-10)23-16(18-12)19-15(20)11-7-9(17)3-6-13(11)22-2/h3-8H,1-2H3,(H,18,19,20). The van der Waals surface area contributed by atoms with Gasteiger partial charge in [-0.05, 0) is 36.4 Å². The Morgan fingerprint density at radius 2 is 2.00 bits per heavy atom. The van der Waals surface area contributed by atoms with Crippen molar-refractivity contribution >= 4 is 32.6 Å². The highest BCUT2D eigenvalue weighted by Gasteiger charge is 2.15. The summed E-state index contributed by atoms with van der Waals surface area (Å²) in [5.74, 6) is 0.0230. The molecule has 1 heterocycles. The quantitative estimate of drug-likeness (QED) is 0.791. The highest BCUT2D eigenvalue weighted by molar-refractivity contribution is 7.22. The summed E-state index contributed by atoms with van der Waals surface area (Å²) in [4.78, 5) is 16.7. The lowest BCUT2D eigenvalue weighted by Crippen LogP contribution is -2.13. The Hall–Kier alpha value is -2.67. The Bertz CT molecular complexity index is 879. The highest BCUT2D eigenvalue weighted by atomic mass is 32.1. The van der Waals surface area contributed by atoms with Gasteiger partial charge in [-0.15, -0.1) is 0 Å². The van der Waals surface area contributed by atoms with Gasteiger partial charge in [0.1, 0.15) is 17.3 Å². The number of nitrogens with zero attached hydrogens (tertiary/aromatic N) is 1. The van der Waals surface area contributed by atoms with Crippen molar-refractivity contribution in [1.29, 1.82) is 0 Å². The Balaban J connectivity index is 1.89. The lowest BCUT2D eigenvalue weighted by molar-refractivity contribution is 0.102. The average Bonchev–Trinajstić information content (AvgIpc) is 2.95. The zero-order chi connectivity index (χ0) is 16.4. The summed E-state index contributed by atoms with van der Waals surface area (Å²) >= 11 is 1.31. The SMILES string of the molecule is COc1ccc2nc(NC(=O)c3cc(F)ccc3OC)sc2c1. The largest absolute Gasteiger partial charge is 0.497 e. The van der Waals surface area contributed by atoms with Crippen LogP contribution in [0, 0.1) is 5.82 Å². The van der Waals surface area contributed by atoms with E-state index < -0.39 is 11.7 Å². The molecule has 0 aliphatic rings. The summed E-state index contributed by atoms with van der Waals surface area (Å²) in [6, 6.07) is 9.22. The van der Waals surface area contributed by atoms with Crippen molar-refractivity contribution < 1.29 is 18.7 Å². The maximum Gasteiger partial charge on any atom is 0.261 e. The van der Waals surface area contributed by atoms with Crippen LogP contribution in [0.4, 0.5) is 9.52 Å². The molecule has 0 aliphatic carbocycles. The number of halogens is 1. The van der Waals surface area contributed by atoms with Crippen molar-refractivity contribution in [2.45, 2.75) is 0 Å². The molecule has 0 fully saturated rings. The van der Waals surface area contributed by atoms with Crippen LogP contribution in [-0.2, 0) is 0 Å². The number of amides is 1. The van der Waals surface area contributed by atoms with Crippen LogP contribution in [0.3, 0.4) is 0 Å². The van der Waals surface area contributed by atoms with E-state index in [4.69, 9.17) is 9.47 Å². The molecule has 0 bridgehead atoms. The molecule has 0 spiro atoms. The maximum atomic E-state index is 13.4. The number of nitrogens with one attached hydrogen (secondary N) is 1. The van der Waals surface area contributed by atoms with Gasteiger partial charge in [-0.1, -0.05) is 11.3 Å². The fourth-order valence-electron chi connectivity index (χ4n) is 2.11. The van der Waals surface area contributed by atoms with Crippen molar-refractivity contribution in [3.05, 3.63) is 47.8 Å². The van der Waals surface area contributed by atoms with Gasteiger partial charge in [0.05, 0.1) is 30.0 Å². The molecular formula is C16H13FN2O3S. The summed E-state index contributed by atoms with van der Waals surface area (Å²) < 4.78 is 24.5. The molecule has 0 saturated heterocycles. The van der Waals surface area contributed by atoms with Crippen molar-refractivity contribution in [3.63, 3.8) is 0 Å². The number of anilines is 1. The van der Waals surface area contributed by atoms with Crippen molar-refractivity contribution in [1.82, 2.24) is 4.98 Å². The van der Waals surface area contributed by atoms with E-state index in [1.54, 1.807) is 13.2 Å². The van der Waals surface area contributed by atoms with Crippen molar-refractivity contribution in [2.24, 2.45) is 0 Å². The fraction of sp³-hybridized carbons (Fsp3) is 0.125. The Labute approximate surface area is 135 Å². The smallest absolute Gasteiger partial charge is 0.261 e. The minimum Gasteiger partial charge on any atom is -0.497 e. The first kappa shape index (κ1) is 15.2. The fourth-order valence-corrected chi connectivity index (χ4v) is 3.00. The van der Waals surface area contributed by atoms with E-state index in [2.05, 4.69) is 10.3 Å². The number of thiazole rings is 1. The summed E-state index contributed by atoms with van der Waals surface area (Å²) in [7, 11) is 3.01. The van der Waals surface area contributed by atoms with E-state index in [0.717, 1.165) is 16.3 Å². The Kier molecular flexibility index (Phi) is 4.12. The molecule has 0 saturated carbocycles. The molecule has 5 nitrogen and oxygen atoms in total. The van der Waals surface area contributed by atoms with Crippen LogP contribution in [0.2, 0.25) is 0 Å². The van der Waals surface area contributed by atoms with Crippen LogP contribution in [-0.4, -0.2) is 25.1 Å². The third kappa shape index (κ3) is 3.09. The van der Waals surface area contributed by atoms with E-state index in [9.17, 15) is 9.18 Å². The highest BCUT2D eigenvalue weighted by Crippen LogP contribution is 2.30. The predicted octanol–water partition coefficient (Wildman–Crippen LogP) is 3.70. The number of aromatic nitrogens is 1. The second-order valence-electron chi connectivity index (χ2n) is 4.65. The zero-order valence-electron chi connectivity index (χ0n) is 12.4. The zero-order valence-corrected chi connectivity index (χ0v) is 13.2. The van der Waals surface area contributed by atoms with Crippen LogP contribution in [0.25, 0.3) is 10.2 Å². The monoisotopic (exact) mass is 332 g/mol. The third-order valence-electron chi connectivity index (χ3n) is 3.22. The average molecular weight is 332 g/mol. The molecule has 2 aromatic carbocycles.